The van der Waals surface area contributed by atoms with Crippen molar-refractivity contribution in [3.8, 4) is 0 Å². The van der Waals surface area contributed by atoms with Gasteiger partial charge in [-0.3, -0.25) is 4.79 Å². The number of ketones is 1. The number of Topliss-reactive ketones (excluding diaryl/α,β-unsaturated/α-hetero) is 1. The molecular weight excluding hydrogens is 188 g/mol. The lowest BCUT2D eigenvalue weighted by atomic mass is 10.0. The Morgan fingerprint density at radius 2 is 2.00 bits per heavy atom. The lowest BCUT2D eigenvalue weighted by molar-refractivity contribution is -0.123. The smallest absolute Gasteiger partial charge is 0.186 e. The van der Waals surface area contributed by atoms with Crippen LogP contribution in [0.25, 0.3) is 0 Å². The van der Waals surface area contributed by atoms with Gasteiger partial charge >= 0.3 is 0 Å². The van der Waals surface area contributed by atoms with Gasteiger partial charge in [0.05, 0.1) is 0 Å². The Hall–Kier alpha value is -1.41. The molecule has 0 spiro atoms. The van der Waals surface area contributed by atoms with Crippen molar-refractivity contribution in [3.63, 3.8) is 0 Å². The highest BCUT2D eigenvalue weighted by atomic mass is 16.3. The summed E-state index contributed by atoms with van der Waals surface area (Å²) >= 11 is 0. The van der Waals surface area contributed by atoms with Crippen LogP contribution in [0.4, 0.5) is 0 Å². The van der Waals surface area contributed by atoms with Gasteiger partial charge in [-0.1, -0.05) is 36.9 Å². The Labute approximate surface area is 90.3 Å². The molecule has 1 unspecified atom stereocenters. The van der Waals surface area contributed by atoms with Crippen molar-refractivity contribution in [2.45, 2.75) is 25.9 Å². The summed E-state index contributed by atoms with van der Waals surface area (Å²) < 4.78 is 0. The molecule has 0 aromatic heterocycles. The summed E-state index contributed by atoms with van der Waals surface area (Å²) in [6.07, 6.45) is 0.249. The maximum atomic E-state index is 11.3. The monoisotopic (exact) mass is 204 g/mol. The van der Waals surface area contributed by atoms with Gasteiger partial charge in [0.15, 0.2) is 5.78 Å². The summed E-state index contributed by atoms with van der Waals surface area (Å²) in [6, 6.07) is 9.81. The standard InChI is InChI=1S/C13H16O2/c1-10(2)13(15)12(14)9-8-11-6-4-3-5-7-11/h3-7,12,14H,1,8-9H2,2H3. The van der Waals surface area contributed by atoms with Gasteiger partial charge in [-0.2, -0.15) is 0 Å². The van der Waals surface area contributed by atoms with Gasteiger partial charge < -0.3 is 5.11 Å². The number of rotatable bonds is 5. The molecule has 1 N–H and O–H groups in total. The highest BCUT2D eigenvalue weighted by Crippen LogP contribution is 2.07. The number of hydrogen-bond donors (Lipinski definition) is 1. The topological polar surface area (TPSA) is 37.3 Å². The fourth-order valence-corrected chi connectivity index (χ4v) is 1.36. The van der Waals surface area contributed by atoms with E-state index >= 15 is 0 Å². The molecule has 2 heteroatoms. The van der Waals surface area contributed by atoms with E-state index < -0.39 is 6.10 Å². The van der Waals surface area contributed by atoms with Crippen LogP contribution in [0.5, 0.6) is 0 Å². The quantitative estimate of drug-likeness (QED) is 0.746. The van der Waals surface area contributed by atoms with Crippen molar-refractivity contribution >= 4 is 5.78 Å². The van der Waals surface area contributed by atoms with Crippen LogP contribution in [0.2, 0.25) is 0 Å². The largest absolute Gasteiger partial charge is 0.385 e. The molecule has 0 aliphatic rings. The molecule has 0 saturated heterocycles. The van der Waals surface area contributed by atoms with Gasteiger partial charge in [0.25, 0.3) is 0 Å². The number of benzene rings is 1. The predicted molar refractivity (Wildman–Crippen MR) is 60.6 cm³/mol. The highest BCUT2D eigenvalue weighted by molar-refractivity contribution is 5.97. The number of carbonyl (C=O) groups excluding carboxylic acids is 1. The molecule has 0 bridgehead atoms. The number of hydrogen-bond acceptors (Lipinski definition) is 2. The first kappa shape index (κ1) is 11.7. The number of aryl methyl sites for hydroxylation is 1. The van der Waals surface area contributed by atoms with Crippen LogP contribution < -0.4 is 0 Å². The van der Waals surface area contributed by atoms with Crippen LogP contribution >= 0.6 is 0 Å². The summed E-state index contributed by atoms with van der Waals surface area (Å²) in [6.45, 7) is 5.14. The normalized spacial score (nSPS) is 12.1. The zero-order valence-electron chi connectivity index (χ0n) is 8.94. The second kappa shape index (κ2) is 5.47. The lowest BCUT2D eigenvalue weighted by Crippen LogP contribution is -2.21. The van der Waals surface area contributed by atoms with E-state index in [9.17, 15) is 9.90 Å². The molecule has 1 aromatic carbocycles. The molecule has 15 heavy (non-hydrogen) atoms. The van der Waals surface area contributed by atoms with Crippen LogP contribution in [0, 0.1) is 0 Å². The Morgan fingerprint density at radius 3 is 2.53 bits per heavy atom. The molecule has 0 heterocycles. The Kier molecular flexibility index (Phi) is 4.25. The highest BCUT2D eigenvalue weighted by Gasteiger charge is 2.14. The van der Waals surface area contributed by atoms with Crippen LogP contribution in [0.1, 0.15) is 18.9 Å². The van der Waals surface area contributed by atoms with Crippen LogP contribution in [0.15, 0.2) is 42.5 Å². The molecule has 0 saturated carbocycles. The molecule has 80 valence electrons. The fraction of sp³-hybridized carbons (Fsp3) is 0.308. The summed E-state index contributed by atoms with van der Waals surface area (Å²) in [5, 5.41) is 9.54. The summed E-state index contributed by atoms with van der Waals surface area (Å²) in [5.74, 6) is -0.258. The summed E-state index contributed by atoms with van der Waals surface area (Å²) in [7, 11) is 0. The van der Waals surface area contributed by atoms with E-state index in [0.29, 0.717) is 18.4 Å². The van der Waals surface area contributed by atoms with E-state index in [2.05, 4.69) is 6.58 Å². The van der Waals surface area contributed by atoms with Crippen LogP contribution in [-0.4, -0.2) is 17.0 Å². The van der Waals surface area contributed by atoms with Crippen molar-refractivity contribution in [2.24, 2.45) is 0 Å². The van der Waals surface area contributed by atoms with Gasteiger partial charge in [-0.05, 0) is 30.9 Å². The SMILES string of the molecule is C=C(C)C(=O)C(O)CCc1ccccc1. The number of aliphatic hydroxyl groups excluding tert-OH is 1. The summed E-state index contributed by atoms with van der Waals surface area (Å²) in [5.41, 5.74) is 1.54. The third-order valence-electron chi connectivity index (χ3n) is 2.27. The first-order valence-corrected chi connectivity index (χ1v) is 5.03. The Balaban J connectivity index is 2.44. The molecule has 0 fully saturated rings. The van der Waals surface area contributed by atoms with E-state index in [1.807, 2.05) is 30.3 Å². The Morgan fingerprint density at radius 1 is 1.40 bits per heavy atom. The Bertz CT molecular complexity index is 341. The summed E-state index contributed by atoms with van der Waals surface area (Å²) in [4.78, 5) is 11.3. The van der Waals surface area contributed by atoms with Gasteiger partial charge in [-0.25, -0.2) is 0 Å². The average Bonchev–Trinajstić information content (AvgIpc) is 2.26. The molecule has 1 atom stereocenters. The third-order valence-corrected chi connectivity index (χ3v) is 2.27. The fourth-order valence-electron chi connectivity index (χ4n) is 1.36. The van der Waals surface area contributed by atoms with Gasteiger partial charge in [-0.15, -0.1) is 0 Å². The molecule has 0 radical (unpaired) electrons. The molecule has 0 aliphatic heterocycles. The second-order valence-electron chi connectivity index (χ2n) is 3.68. The maximum absolute atomic E-state index is 11.3. The van der Waals surface area contributed by atoms with E-state index in [-0.39, 0.29) is 5.78 Å². The van der Waals surface area contributed by atoms with Crippen molar-refractivity contribution in [1.82, 2.24) is 0 Å². The van der Waals surface area contributed by atoms with Crippen LogP contribution in [-0.2, 0) is 11.2 Å². The minimum atomic E-state index is -0.914. The van der Waals surface area contributed by atoms with Crippen molar-refractivity contribution in [2.75, 3.05) is 0 Å². The van der Waals surface area contributed by atoms with E-state index in [4.69, 9.17) is 0 Å². The van der Waals surface area contributed by atoms with Gasteiger partial charge in [0.2, 0.25) is 0 Å². The minimum absolute atomic E-state index is 0.258. The van der Waals surface area contributed by atoms with Crippen LogP contribution in [0.3, 0.4) is 0 Å². The first-order valence-electron chi connectivity index (χ1n) is 5.03. The molecule has 1 aromatic rings. The molecule has 2 nitrogen and oxygen atoms in total. The minimum Gasteiger partial charge on any atom is -0.385 e. The number of carbonyl (C=O) groups is 1. The lowest BCUT2D eigenvalue weighted by Gasteiger charge is -2.08. The molecule has 0 aliphatic carbocycles. The van der Waals surface area contributed by atoms with Gasteiger partial charge in [0.1, 0.15) is 6.10 Å². The molecule has 1 rings (SSSR count). The average molecular weight is 204 g/mol. The van der Waals surface area contributed by atoms with E-state index in [1.165, 1.54) is 0 Å². The predicted octanol–water partition coefficient (Wildman–Crippen LogP) is 2.13. The third kappa shape index (κ3) is 3.68. The van der Waals surface area contributed by atoms with E-state index in [1.54, 1.807) is 6.92 Å². The van der Waals surface area contributed by atoms with Crippen molar-refractivity contribution < 1.29 is 9.90 Å². The second-order valence-corrected chi connectivity index (χ2v) is 3.68. The van der Waals surface area contributed by atoms with Crippen molar-refractivity contribution in [3.05, 3.63) is 48.0 Å². The van der Waals surface area contributed by atoms with Gasteiger partial charge in [0, 0.05) is 0 Å². The maximum Gasteiger partial charge on any atom is 0.186 e. The first-order chi connectivity index (χ1) is 7.11. The number of aliphatic hydroxyl groups is 1. The van der Waals surface area contributed by atoms with E-state index in [0.717, 1.165) is 5.56 Å². The molecule has 0 amide bonds. The van der Waals surface area contributed by atoms with Crippen molar-refractivity contribution in [1.29, 1.82) is 0 Å². The molecular formula is C13H16O2. The zero-order chi connectivity index (χ0) is 11.3. The zero-order valence-corrected chi connectivity index (χ0v) is 8.94.